The number of carbonyl (C=O) groups is 1. The topological polar surface area (TPSA) is 120 Å². The molecule has 0 atom stereocenters. The minimum Gasteiger partial charge on any atom is -0.491 e. The van der Waals surface area contributed by atoms with Crippen LogP contribution >= 0.6 is 11.3 Å². The number of thiazole rings is 1. The number of aromatic nitrogens is 5. The zero-order valence-corrected chi connectivity index (χ0v) is 17.9. The van der Waals surface area contributed by atoms with Crippen LogP contribution in [-0.4, -0.2) is 37.1 Å². The van der Waals surface area contributed by atoms with Crippen LogP contribution < -0.4 is 15.8 Å². The Morgan fingerprint density at radius 1 is 1.27 bits per heavy atom. The van der Waals surface area contributed by atoms with Crippen LogP contribution in [0.4, 0.5) is 11.1 Å². The van der Waals surface area contributed by atoms with Crippen LogP contribution in [0.1, 0.15) is 36.7 Å². The molecule has 1 aromatic carbocycles. The van der Waals surface area contributed by atoms with Crippen molar-refractivity contribution < 1.29 is 9.53 Å². The summed E-state index contributed by atoms with van der Waals surface area (Å²) in [6.07, 6.45) is 1.75. The number of rotatable bonds is 7. The van der Waals surface area contributed by atoms with E-state index in [0.717, 1.165) is 39.3 Å². The zero-order valence-electron chi connectivity index (χ0n) is 17.1. The summed E-state index contributed by atoms with van der Waals surface area (Å²) in [5.41, 5.74) is 9.11. The highest BCUT2D eigenvalue weighted by Gasteiger charge is 2.15. The number of nitrogen functional groups attached to an aromatic ring is 1. The van der Waals surface area contributed by atoms with E-state index in [0.29, 0.717) is 30.4 Å². The first-order valence-electron chi connectivity index (χ1n) is 9.76. The van der Waals surface area contributed by atoms with Gasteiger partial charge in [-0.1, -0.05) is 24.3 Å². The summed E-state index contributed by atoms with van der Waals surface area (Å²) in [7, 11) is 0. The lowest BCUT2D eigenvalue weighted by Crippen LogP contribution is -2.14. The largest absolute Gasteiger partial charge is 0.491 e. The van der Waals surface area contributed by atoms with E-state index < -0.39 is 0 Å². The van der Waals surface area contributed by atoms with Crippen molar-refractivity contribution in [3.63, 3.8) is 0 Å². The fraction of sp³-hybridized carbons (Fsp3) is 0.350. The molecule has 0 aliphatic carbocycles. The number of fused-ring (bicyclic) bond motifs is 2. The molecule has 1 amide bonds. The van der Waals surface area contributed by atoms with Gasteiger partial charge in [0.1, 0.15) is 11.3 Å². The lowest BCUT2D eigenvalue weighted by molar-refractivity contribution is -0.116. The molecule has 4 rings (SSSR count). The predicted octanol–water partition coefficient (Wildman–Crippen LogP) is 3.29. The third-order valence-electron chi connectivity index (χ3n) is 4.76. The van der Waals surface area contributed by atoms with Gasteiger partial charge >= 0.3 is 0 Å². The fourth-order valence-electron chi connectivity index (χ4n) is 3.31. The first-order chi connectivity index (χ1) is 14.5. The molecule has 0 saturated carbocycles. The van der Waals surface area contributed by atoms with E-state index in [1.807, 2.05) is 32.0 Å². The highest BCUT2D eigenvalue weighted by atomic mass is 32.1. The Labute approximate surface area is 177 Å². The second kappa shape index (κ2) is 8.23. The maximum absolute atomic E-state index is 12.6. The van der Waals surface area contributed by atoms with E-state index in [-0.39, 0.29) is 11.9 Å². The molecule has 0 aliphatic heterocycles. The lowest BCUT2D eigenvalue weighted by Gasteiger charge is -2.09. The molecule has 156 valence electrons. The van der Waals surface area contributed by atoms with Gasteiger partial charge in [0.25, 0.3) is 5.78 Å². The molecule has 30 heavy (non-hydrogen) atoms. The number of hydrogen-bond acceptors (Lipinski definition) is 8. The summed E-state index contributed by atoms with van der Waals surface area (Å²) in [5, 5.41) is 7.63. The first-order valence-corrected chi connectivity index (χ1v) is 10.6. The van der Waals surface area contributed by atoms with Crippen LogP contribution in [0.3, 0.4) is 0 Å². The number of benzene rings is 1. The number of nitrogens with one attached hydrogen (secondary N) is 1. The van der Waals surface area contributed by atoms with Gasteiger partial charge in [-0.3, -0.25) is 4.79 Å². The molecule has 0 bridgehead atoms. The number of ether oxygens (including phenoxy) is 1. The van der Waals surface area contributed by atoms with Crippen molar-refractivity contribution >= 4 is 44.3 Å². The average molecular weight is 426 g/mol. The maximum atomic E-state index is 12.6. The molecular weight excluding hydrogens is 402 g/mol. The highest BCUT2D eigenvalue weighted by molar-refractivity contribution is 7.22. The number of anilines is 2. The molecule has 3 N–H and O–H groups in total. The number of para-hydroxylation sites is 1. The van der Waals surface area contributed by atoms with Gasteiger partial charge in [0, 0.05) is 17.8 Å². The number of nitrogens with zero attached hydrogens (tertiary/aromatic N) is 5. The predicted molar refractivity (Wildman–Crippen MR) is 117 cm³/mol. The second-order valence-electron chi connectivity index (χ2n) is 6.96. The van der Waals surface area contributed by atoms with E-state index in [9.17, 15) is 4.79 Å². The van der Waals surface area contributed by atoms with Gasteiger partial charge < -0.3 is 15.8 Å². The third-order valence-corrected chi connectivity index (χ3v) is 5.69. The van der Waals surface area contributed by atoms with E-state index in [1.54, 1.807) is 4.52 Å². The molecule has 4 aromatic rings. The van der Waals surface area contributed by atoms with Crippen LogP contribution in [0.15, 0.2) is 18.2 Å². The SMILES string of the molecule is CCCOc1cccc2sc(NC(=O)CCc3c(C)nc4nc(N)nn4c3C)nc12. The minimum atomic E-state index is -0.109. The van der Waals surface area contributed by atoms with Gasteiger partial charge in [-0.2, -0.15) is 9.50 Å². The Kier molecular flexibility index (Phi) is 5.49. The summed E-state index contributed by atoms with van der Waals surface area (Å²) < 4.78 is 8.35. The summed E-state index contributed by atoms with van der Waals surface area (Å²) in [5.74, 6) is 1.27. The van der Waals surface area contributed by atoms with Crippen molar-refractivity contribution in [1.29, 1.82) is 0 Å². The Balaban J connectivity index is 1.47. The number of hydrogen-bond donors (Lipinski definition) is 2. The number of nitrogens with two attached hydrogens (primary N) is 1. The molecule has 0 saturated heterocycles. The van der Waals surface area contributed by atoms with Crippen molar-refractivity contribution in [2.45, 2.75) is 40.0 Å². The fourth-order valence-corrected chi connectivity index (χ4v) is 4.21. The van der Waals surface area contributed by atoms with Crippen LogP contribution in [0.25, 0.3) is 16.0 Å². The Hall–Kier alpha value is -3.27. The molecule has 0 unspecified atom stereocenters. The second-order valence-corrected chi connectivity index (χ2v) is 7.99. The van der Waals surface area contributed by atoms with Crippen molar-refractivity contribution in [2.24, 2.45) is 0 Å². The summed E-state index contributed by atoms with van der Waals surface area (Å²) in [6, 6.07) is 5.80. The Morgan fingerprint density at radius 2 is 2.10 bits per heavy atom. The van der Waals surface area contributed by atoms with Crippen molar-refractivity contribution in [1.82, 2.24) is 24.6 Å². The quantitative estimate of drug-likeness (QED) is 0.466. The van der Waals surface area contributed by atoms with Crippen LogP contribution in [0, 0.1) is 13.8 Å². The smallest absolute Gasteiger partial charge is 0.254 e. The number of carbonyl (C=O) groups excluding carboxylic acids is 1. The molecule has 3 heterocycles. The van der Waals surface area contributed by atoms with E-state index in [4.69, 9.17) is 10.5 Å². The molecule has 9 nitrogen and oxygen atoms in total. The highest BCUT2D eigenvalue weighted by Crippen LogP contribution is 2.32. The Morgan fingerprint density at radius 3 is 2.90 bits per heavy atom. The van der Waals surface area contributed by atoms with Gasteiger partial charge in [-0.25, -0.2) is 9.97 Å². The van der Waals surface area contributed by atoms with Crippen molar-refractivity contribution in [2.75, 3.05) is 17.7 Å². The summed E-state index contributed by atoms with van der Waals surface area (Å²) >= 11 is 1.43. The average Bonchev–Trinajstić information content (AvgIpc) is 3.28. The summed E-state index contributed by atoms with van der Waals surface area (Å²) in [6.45, 7) is 6.51. The van der Waals surface area contributed by atoms with Gasteiger partial charge in [0.05, 0.1) is 11.3 Å². The maximum Gasteiger partial charge on any atom is 0.254 e. The van der Waals surface area contributed by atoms with Gasteiger partial charge in [-0.15, -0.1) is 5.10 Å². The molecule has 3 aromatic heterocycles. The van der Waals surface area contributed by atoms with Crippen LogP contribution in [0.5, 0.6) is 5.75 Å². The summed E-state index contributed by atoms with van der Waals surface area (Å²) in [4.78, 5) is 25.6. The normalized spacial score (nSPS) is 11.3. The van der Waals surface area contributed by atoms with E-state index in [2.05, 4.69) is 32.3 Å². The number of amides is 1. The minimum absolute atomic E-state index is 0.109. The van der Waals surface area contributed by atoms with E-state index >= 15 is 0 Å². The molecule has 0 spiro atoms. The first kappa shape index (κ1) is 20.0. The number of aryl methyl sites for hydroxylation is 2. The van der Waals surface area contributed by atoms with Crippen LogP contribution in [0.2, 0.25) is 0 Å². The Bertz CT molecular complexity index is 1230. The van der Waals surface area contributed by atoms with Gasteiger partial charge in [0.15, 0.2) is 5.13 Å². The monoisotopic (exact) mass is 425 g/mol. The molecule has 0 radical (unpaired) electrons. The molecular formula is C20H23N7O2S. The van der Waals surface area contributed by atoms with Crippen LogP contribution in [-0.2, 0) is 11.2 Å². The molecule has 10 heteroatoms. The van der Waals surface area contributed by atoms with Crippen molar-refractivity contribution in [3.05, 3.63) is 35.2 Å². The molecule has 0 fully saturated rings. The zero-order chi connectivity index (χ0) is 21.3. The third kappa shape index (κ3) is 3.90. The van der Waals surface area contributed by atoms with Crippen molar-refractivity contribution in [3.8, 4) is 5.75 Å². The van der Waals surface area contributed by atoms with Gasteiger partial charge in [-0.05, 0) is 44.4 Å². The van der Waals surface area contributed by atoms with E-state index in [1.165, 1.54) is 11.3 Å². The standard InChI is InChI=1S/C20H23N7O2S/c1-4-10-29-14-6-5-7-15-17(14)24-20(30-15)23-16(28)9-8-13-11(2)22-19-25-18(21)26-27(19)12(13)3/h5-7H,4,8-10H2,1-3H3,(H2,21,26)(H,23,24,28). The van der Waals surface area contributed by atoms with Gasteiger partial charge in [0.2, 0.25) is 11.9 Å². The lowest BCUT2D eigenvalue weighted by atomic mass is 10.1. The molecule has 0 aliphatic rings.